The lowest BCUT2D eigenvalue weighted by Crippen LogP contribution is -2.32. The summed E-state index contributed by atoms with van der Waals surface area (Å²) in [6.45, 7) is 20.9. The zero-order valence-electron chi connectivity index (χ0n) is 44.4. The number of hydrogen-bond acceptors (Lipinski definition) is 3. The Kier molecular flexibility index (Phi) is 17.4. The highest BCUT2D eigenvalue weighted by Gasteiger charge is 2.41. The van der Waals surface area contributed by atoms with Crippen LogP contribution in [0.4, 0.5) is 0 Å². The lowest BCUT2D eigenvalue weighted by molar-refractivity contribution is 0.0601. The summed E-state index contributed by atoms with van der Waals surface area (Å²) in [5.74, 6) is 1.66. The monoisotopic (exact) mass is 1300 g/mol. The molecule has 3 aliphatic rings. The molecule has 3 nitrogen and oxygen atoms in total. The molecule has 0 radical (unpaired) electrons. The molecule has 0 spiro atoms. The average molecular weight is 1310 g/mol. The molecule has 386 valence electrons. The lowest BCUT2D eigenvalue weighted by atomic mass is 9.66. The normalized spacial score (nSPS) is 17.2. The Bertz CT molecular complexity index is 3080. The van der Waals surface area contributed by atoms with Crippen LogP contribution in [-0.2, 0) is 29.6 Å². The first kappa shape index (κ1) is 56.6. The van der Waals surface area contributed by atoms with Gasteiger partial charge in [-0.25, -0.2) is 4.79 Å². The van der Waals surface area contributed by atoms with Crippen molar-refractivity contribution in [3.63, 3.8) is 0 Å². The van der Waals surface area contributed by atoms with E-state index < -0.39 is 5.60 Å². The van der Waals surface area contributed by atoms with E-state index in [1.54, 1.807) is 11.6 Å². The average Bonchev–Trinajstić information content (AvgIpc) is 3.31. The molecule has 0 aromatic heterocycles. The third-order valence-corrected chi connectivity index (χ3v) is 17.1. The third-order valence-electron chi connectivity index (χ3n) is 14.6. The summed E-state index contributed by atoms with van der Waals surface area (Å²) in [5.41, 5.74) is 15.8. The first-order chi connectivity index (χ1) is 34.8. The van der Waals surface area contributed by atoms with E-state index in [4.69, 9.17) is 4.74 Å². The second-order valence-corrected chi connectivity index (χ2v) is 28.8. The SMILES string of the molecule is CC(C)(C)CC1Cc2cc(Br)ccc21.CC(C)(C)CC1Cc2cc(C(O)(c3ccc4c(c3)CC4CC(C)(C)C)c3cc(Br)ccc3-c3ccc(Br)cc3)ccc21.COC(=O)c1cc(Br)ccc1-c1ccc(Br)cc1. The maximum atomic E-state index is 13.2. The van der Waals surface area contributed by atoms with Crippen LogP contribution in [0.15, 0.2) is 162 Å². The predicted molar refractivity (Wildman–Crippen MR) is 327 cm³/mol. The van der Waals surface area contributed by atoms with Crippen LogP contribution in [0, 0.1) is 16.2 Å². The van der Waals surface area contributed by atoms with Crippen molar-refractivity contribution in [1.29, 1.82) is 0 Å². The van der Waals surface area contributed by atoms with Crippen LogP contribution in [0.2, 0.25) is 0 Å². The summed E-state index contributed by atoms with van der Waals surface area (Å²) in [6.07, 6.45) is 7.10. The molecule has 3 atom stereocenters. The topological polar surface area (TPSA) is 46.5 Å². The highest BCUT2D eigenvalue weighted by atomic mass is 79.9. The van der Waals surface area contributed by atoms with Gasteiger partial charge in [-0.1, -0.05) is 221 Å². The highest BCUT2D eigenvalue weighted by Crippen LogP contribution is 2.50. The number of aliphatic hydroxyl groups is 1. The molecule has 0 heterocycles. The number of benzene rings is 7. The largest absolute Gasteiger partial charge is 0.465 e. The summed E-state index contributed by atoms with van der Waals surface area (Å²) < 4.78 is 9.87. The first-order valence-corrected chi connectivity index (χ1v) is 29.7. The summed E-state index contributed by atoms with van der Waals surface area (Å²) in [4.78, 5) is 11.8. The Morgan fingerprint density at radius 1 is 0.459 bits per heavy atom. The molecule has 3 aliphatic carbocycles. The van der Waals surface area contributed by atoms with Gasteiger partial charge in [0.1, 0.15) is 5.60 Å². The van der Waals surface area contributed by atoms with Crippen LogP contribution in [-0.4, -0.2) is 18.2 Å². The number of ether oxygens (including phenoxy) is 1. The molecule has 0 amide bonds. The number of carbonyl (C=O) groups excluding carboxylic acids is 1. The minimum absolute atomic E-state index is 0.300. The standard InChI is InChI=1S/C39H42Br2O.C14H10Br2O2.C13H17Br/c1-37(2,3)22-27-17-25-19-29(9-14-33(25)27)39(42,30-10-15-34-26(20-30)18-28(34)23-38(4,5)6)36-21-32(41)13-16-35(36)24-7-11-31(40)12-8-24;1-18-14(17)13-8-11(16)6-7-12(13)9-2-4-10(15)5-3-9;1-13(2,3)8-10-6-9-7-11(14)4-5-12(9)10/h7-16,19-21,27-28,42H,17-18,22-23H2,1-6H3;2-8H,1H3;4-5,7,10H,6,8H2,1-3H3. The van der Waals surface area contributed by atoms with Crippen molar-refractivity contribution in [3.05, 3.63) is 218 Å². The summed E-state index contributed by atoms with van der Waals surface area (Å²) in [7, 11) is 1.38. The minimum Gasteiger partial charge on any atom is -0.465 e. The van der Waals surface area contributed by atoms with Crippen molar-refractivity contribution in [3.8, 4) is 22.3 Å². The fourth-order valence-corrected chi connectivity index (χ4v) is 13.0. The van der Waals surface area contributed by atoms with E-state index in [-0.39, 0.29) is 5.97 Å². The van der Waals surface area contributed by atoms with Gasteiger partial charge in [-0.3, -0.25) is 0 Å². The fourth-order valence-electron chi connectivity index (χ4n) is 11.3. The van der Waals surface area contributed by atoms with Gasteiger partial charge in [-0.05, 0) is 200 Å². The maximum absolute atomic E-state index is 13.2. The van der Waals surface area contributed by atoms with Gasteiger partial charge >= 0.3 is 5.97 Å². The van der Waals surface area contributed by atoms with Gasteiger partial charge in [0, 0.05) is 27.9 Å². The molecule has 10 rings (SSSR count). The van der Waals surface area contributed by atoms with E-state index in [1.807, 2.05) is 36.4 Å². The van der Waals surface area contributed by atoms with Crippen LogP contribution in [0.5, 0.6) is 0 Å². The zero-order chi connectivity index (χ0) is 53.5. The smallest absolute Gasteiger partial charge is 0.338 e. The zero-order valence-corrected chi connectivity index (χ0v) is 52.3. The Morgan fingerprint density at radius 2 is 0.811 bits per heavy atom. The Balaban J connectivity index is 0.000000185. The van der Waals surface area contributed by atoms with Gasteiger partial charge in [-0.15, -0.1) is 0 Å². The summed E-state index contributed by atoms with van der Waals surface area (Å²) in [5, 5.41) is 13.2. The molecule has 7 aromatic carbocycles. The summed E-state index contributed by atoms with van der Waals surface area (Å²) in [6, 6.07) is 48.3. The fraction of sp³-hybridized carbons (Fsp3) is 0.348. The van der Waals surface area contributed by atoms with Gasteiger partial charge in [0.15, 0.2) is 0 Å². The quantitative estimate of drug-likeness (QED) is 0.116. The number of fused-ring (bicyclic) bond motifs is 3. The number of hydrogen-bond donors (Lipinski definition) is 1. The van der Waals surface area contributed by atoms with Crippen molar-refractivity contribution in [1.82, 2.24) is 0 Å². The maximum Gasteiger partial charge on any atom is 0.338 e. The van der Waals surface area contributed by atoms with Gasteiger partial charge in [0.25, 0.3) is 0 Å². The molecule has 8 heteroatoms. The number of halogens is 5. The van der Waals surface area contributed by atoms with Crippen molar-refractivity contribution < 1.29 is 14.6 Å². The van der Waals surface area contributed by atoms with Crippen LogP contribution in [0.1, 0.15) is 160 Å². The van der Waals surface area contributed by atoms with Gasteiger partial charge in [-0.2, -0.15) is 0 Å². The number of carbonyl (C=O) groups is 1. The van der Waals surface area contributed by atoms with Gasteiger partial charge < -0.3 is 9.84 Å². The van der Waals surface area contributed by atoms with E-state index in [2.05, 4.69) is 239 Å². The van der Waals surface area contributed by atoms with Crippen LogP contribution in [0.3, 0.4) is 0 Å². The predicted octanol–water partition coefficient (Wildman–Crippen LogP) is 20.5. The van der Waals surface area contributed by atoms with Crippen molar-refractivity contribution in [2.45, 2.75) is 124 Å². The van der Waals surface area contributed by atoms with E-state index in [9.17, 15) is 9.90 Å². The molecule has 7 aromatic rings. The molecule has 3 unspecified atom stereocenters. The molecule has 0 fully saturated rings. The van der Waals surface area contributed by atoms with E-state index >= 15 is 0 Å². The van der Waals surface area contributed by atoms with Crippen molar-refractivity contribution >= 4 is 85.6 Å². The molecular weight excluding hydrogens is 1240 g/mol. The number of esters is 1. The van der Waals surface area contributed by atoms with Crippen molar-refractivity contribution in [2.24, 2.45) is 16.2 Å². The molecule has 74 heavy (non-hydrogen) atoms. The van der Waals surface area contributed by atoms with Crippen LogP contribution in [0.25, 0.3) is 22.3 Å². The first-order valence-electron chi connectivity index (χ1n) is 25.8. The van der Waals surface area contributed by atoms with Crippen LogP contribution < -0.4 is 0 Å². The Morgan fingerprint density at radius 3 is 1.22 bits per heavy atom. The minimum atomic E-state index is -1.31. The van der Waals surface area contributed by atoms with Gasteiger partial charge in [0.05, 0.1) is 12.7 Å². The van der Waals surface area contributed by atoms with Crippen LogP contribution >= 0.6 is 79.6 Å². The molecule has 0 saturated carbocycles. The summed E-state index contributed by atoms with van der Waals surface area (Å²) >= 11 is 17.6. The Hall–Kier alpha value is -3.63. The second-order valence-electron chi connectivity index (χ2n) is 24.3. The van der Waals surface area contributed by atoms with E-state index in [1.165, 1.54) is 65.1 Å². The molecular formula is C66H69Br5O3. The molecule has 1 N–H and O–H groups in total. The van der Waals surface area contributed by atoms with Crippen molar-refractivity contribution in [2.75, 3.05) is 7.11 Å². The molecule has 0 saturated heterocycles. The molecule has 0 bridgehead atoms. The number of rotatable bonds is 9. The van der Waals surface area contributed by atoms with E-state index in [0.29, 0.717) is 33.6 Å². The van der Waals surface area contributed by atoms with E-state index in [0.717, 1.165) is 75.6 Å². The third kappa shape index (κ3) is 13.4. The highest BCUT2D eigenvalue weighted by molar-refractivity contribution is 9.11. The Labute approximate surface area is 483 Å². The molecule has 0 aliphatic heterocycles. The number of methoxy groups -OCH3 is 1. The second kappa shape index (κ2) is 22.8. The lowest BCUT2D eigenvalue weighted by Gasteiger charge is -2.39. The van der Waals surface area contributed by atoms with Gasteiger partial charge in [0.2, 0.25) is 0 Å².